The van der Waals surface area contributed by atoms with Gasteiger partial charge in [0.1, 0.15) is 44.6 Å². The fourth-order valence-corrected chi connectivity index (χ4v) is 9.10. The van der Waals surface area contributed by atoms with Crippen LogP contribution in [0.3, 0.4) is 0 Å². The van der Waals surface area contributed by atoms with Crippen molar-refractivity contribution in [2.24, 2.45) is 5.16 Å². The fraction of sp³-hybridized carbons (Fsp3) is 0.500. The summed E-state index contributed by atoms with van der Waals surface area (Å²) in [6.07, 6.45) is 0. The molecule has 0 bridgehead atoms. The number of thiazole rings is 1. The first-order valence-electron chi connectivity index (χ1n) is 12.6. The molecule has 43 heavy (non-hydrogen) atoms. The first-order valence-corrected chi connectivity index (χ1v) is 17.6. The Labute approximate surface area is 271 Å². The van der Waals surface area contributed by atoms with Crippen LogP contribution in [0.2, 0.25) is 4.34 Å². The molecule has 234 valence electrons. The maximum atomic E-state index is 13.2. The molecule has 2 aliphatic rings. The molecule has 21 heteroatoms. The number of carboxylic acids is 1. The van der Waals surface area contributed by atoms with Crippen LogP contribution in [0.25, 0.3) is 0 Å². The first-order chi connectivity index (χ1) is 20.8. The van der Waals surface area contributed by atoms with Gasteiger partial charge in [-0.2, -0.15) is 11.8 Å². The molecule has 0 radical (unpaired) electrons. The fourth-order valence-electron chi connectivity index (χ4n) is 3.81. The van der Waals surface area contributed by atoms with E-state index in [1.165, 1.54) is 35.1 Å². The number of hydrogen-bond donors (Lipinski definition) is 5. The number of aromatic nitrogens is 3. The van der Waals surface area contributed by atoms with Gasteiger partial charge in [0.2, 0.25) is 0 Å². The van der Waals surface area contributed by atoms with Gasteiger partial charge in [0.25, 0.3) is 11.8 Å². The number of rotatable bonds is 17. The van der Waals surface area contributed by atoms with Crippen LogP contribution in [0.5, 0.6) is 0 Å². The number of carbonyl (C=O) groups is 3. The summed E-state index contributed by atoms with van der Waals surface area (Å²) in [7, 11) is 1.90. The van der Waals surface area contributed by atoms with Crippen molar-refractivity contribution in [3.8, 4) is 0 Å². The van der Waals surface area contributed by atoms with Gasteiger partial charge in [0, 0.05) is 41.8 Å². The van der Waals surface area contributed by atoms with E-state index in [1.54, 1.807) is 11.8 Å². The van der Waals surface area contributed by atoms with Crippen LogP contribution in [-0.2, 0) is 25.0 Å². The van der Waals surface area contributed by atoms with E-state index in [4.69, 9.17) is 22.2 Å². The minimum absolute atomic E-state index is 0.0538. The zero-order valence-electron chi connectivity index (χ0n) is 22.5. The van der Waals surface area contributed by atoms with Gasteiger partial charge in [-0.3, -0.25) is 14.5 Å². The Balaban J connectivity index is 1.43. The van der Waals surface area contributed by atoms with E-state index in [-0.39, 0.29) is 32.3 Å². The summed E-state index contributed by atoms with van der Waals surface area (Å²) >= 11 is 12.4. The molecule has 4 rings (SSSR count). The number of nitrogens with one attached hydrogen (secondary N) is 3. The minimum atomic E-state index is -1.27. The Morgan fingerprint density at radius 2 is 2.16 bits per heavy atom. The highest BCUT2D eigenvalue weighted by Gasteiger charge is 2.54. The largest absolute Gasteiger partial charge is 0.477 e. The lowest BCUT2D eigenvalue weighted by Crippen LogP contribution is -2.71. The molecule has 1 fully saturated rings. The van der Waals surface area contributed by atoms with E-state index >= 15 is 0 Å². The highest BCUT2D eigenvalue weighted by atomic mass is 35.5. The lowest BCUT2D eigenvalue weighted by molar-refractivity contribution is -0.150. The van der Waals surface area contributed by atoms with Crippen molar-refractivity contribution in [3.05, 3.63) is 26.3 Å². The van der Waals surface area contributed by atoms with Crippen LogP contribution in [0, 0.1) is 0 Å². The second-order valence-corrected chi connectivity index (χ2v) is 14.6. The Morgan fingerprint density at radius 3 is 2.86 bits per heavy atom. The number of nitrogen functional groups attached to an aromatic ring is 1. The van der Waals surface area contributed by atoms with Gasteiger partial charge in [0.05, 0.1) is 5.69 Å². The van der Waals surface area contributed by atoms with Crippen molar-refractivity contribution < 1.29 is 28.7 Å². The molecule has 2 aromatic heterocycles. The van der Waals surface area contributed by atoms with Crippen LogP contribution in [-0.4, -0.2) is 111 Å². The molecule has 0 unspecified atom stereocenters. The van der Waals surface area contributed by atoms with Gasteiger partial charge < -0.3 is 31.6 Å². The predicted molar refractivity (Wildman–Crippen MR) is 168 cm³/mol. The van der Waals surface area contributed by atoms with E-state index in [0.29, 0.717) is 10.7 Å². The third-order valence-corrected chi connectivity index (χ3v) is 11.3. The molecular weight excluding hydrogens is 685 g/mol. The van der Waals surface area contributed by atoms with E-state index in [9.17, 15) is 23.9 Å². The molecule has 2 atom stereocenters. The topological polar surface area (TPSA) is 197 Å². The smallest absolute Gasteiger partial charge is 0.353 e. The number of alkyl halides is 1. The summed E-state index contributed by atoms with van der Waals surface area (Å²) < 4.78 is 17.4. The van der Waals surface area contributed by atoms with Gasteiger partial charge in [-0.05, 0) is 18.6 Å². The van der Waals surface area contributed by atoms with E-state index < -0.39 is 42.5 Å². The van der Waals surface area contributed by atoms with Crippen molar-refractivity contribution in [2.45, 2.75) is 21.4 Å². The summed E-state index contributed by atoms with van der Waals surface area (Å²) in [5, 5.41) is 26.3. The minimum Gasteiger partial charge on any atom is -0.477 e. The van der Waals surface area contributed by atoms with Crippen LogP contribution < -0.4 is 21.7 Å². The summed E-state index contributed by atoms with van der Waals surface area (Å²) in [6.45, 7) is 1.34. The lowest BCUT2D eigenvalue weighted by Gasteiger charge is -2.49. The molecule has 0 aliphatic carbocycles. The zero-order chi connectivity index (χ0) is 30.9. The van der Waals surface area contributed by atoms with Gasteiger partial charge >= 0.3 is 5.97 Å². The lowest BCUT2D eigenvalue weighted by atomic mass is 10.0. The quantitative estimate of drug-likeness (QED) is 0.0684. The van der Waals surface area contributed by atoms with E-state index in [0.717, 1.165) is 51.5 Å². The number of anilines is 1. The molecule has 0 saturated carbocycles. The number of β-lactam (4-membered cyclic amide) rings is 1. The number of amides is 2. The SMILES string of the molecule is CNCCNCCSCc1nnsc1SC1=C(C(=O)O)N2C(=O)[C@@H](NC(=O)C(=NOCCF)c3nc(N)sc3Cl)[C@@H]2SC1. The van der Waals surface area contributed by atoms with Crippen molar-refractivity contribution in [3.63, 3.8) is 0 Å². The molecule has 6 N–H and O–H groups in total. The van der Waals surface area contributed by atoms with Gasteiger partial charge in [-0.25, -0.2) is 14.2 Å². The van der Waals surface area contributed by atoms with Gasteiger partial charge in [-0.15, -0.1) is 16.9 Å². The highest BCUT2D eigenvalue weighted by Crippen LogP contribution is 2.46. The first kappa shape index (κ1) is 33.7. The zero-order valence-corrected chi connectivity index (χ0v) is 27.3. The number of nitrogens with zero attached hydrogens (tertiary/aromatic N) is 5. The number of fused-ring (bicyclic) bond motifs is 1. The summed E-state index contributed by atoms with van der Waals surface area (Å²) in [4.78, 5) is 49.1. The average Bonchev–Trinajstić information content (AvgIpc) is 3.57. The Kier molecular flexibility index (Phi) is 12.7. The summed E-state index contributed by atoms with van der Waals surface area (Å²) in [6, 6.07) is -1.06. The number of halogens is 2. The molecular formula is C22H27ClFN9O5S5. The summed E-state index contributed by atoms with van der Waals surface area (Å²) in [5.41, 5.74) is 5.81. The van der Waals surface area contributed by atoms with Gasteiger partial charge in [0.15, 0.2) is 10.8 Å². The number of oxime groups is 1. The molecule has 14 nitrogen and oxygen atoms in total. The molecule has 2 aromatic rings. The highest BCUT2D eigenvalue weighted by molar-refractivity contribution is 8.07. The number of carboxylic acid groups (broad SMARTS) is 1. The van der Waals surface area contributed by atoms with E-state index in [1.807, 2.05) is 7.05 Å². The normalized spacial score (nSPS) is 18.4. The monoisotopic (exact) mass is 711 g/mol. The molecule has 2 aliphatic heterocycles. The van der Waals surface area contributed by atoms with Crippen molar-refractivity contribution in [1.82, 2.24) is 35.4 Å². The van der Waals surface area contributed by atoms with Crippen LogP contribution in [0.4, 0.5) is 9.52 Å². The standard InChI is InChI=1S/C22H27ClFN9O5S5/c1-26-3-4-27-5-7-39-8-10-21(43-32-30-10)41-11-9-40-19-14(18(35)33(19)15(11)20(36)37)28-17(34)13(31-38-6-2-24)12-16(23)42-22(25)29-12/h14,19,26-27H,2-9H2,1H3,(H2,25,29)(H,28,34)(H,36,37)/t14-,19+/m1/s1. The number of aliphatic carboxylic acids is 1. The van der Waals surface area contributed by atoms with Crippen LogP contribution in [0.15, 0.2) is 20.0 Å². The number of carbonyl (C=O) groups excluding carboxylic acids is 2. The molecule has 0 aromatic carbocycles. The second kappa shape index (κ2) is 16.2. The number of nitrogens with two attached hydrogens (primary N) is 1. The third-order valence-electron chi connectivity index (χ3n) is 5.74. The Bertz CT molecular complexity index is 1390. The van der Waals surface area contributed by atoms with Crippen molar-refractivity contribution in [2.75, 3.05) is 57.2 Å². The van der Waals surface area contributed by atoms with E-state index in [2.05, 4.69) is 35.7 Å². The van der Waals surface area contributed by atoms with Crippen LogP contribution in [0.1, 0.15) is 11.4 Å². The second-order valence-electron chi connectivity index (χ2n) is 8.59. The molecule has 1 saturated heterocycles. The number of hydrogen-bond acceptors (Lipinski definition) is 16. The number of likely N-dealkylation sites (N-methyl/N-ethyl adjacent to an activating group) is 1. The summed E-state index contributed by atoms with van der Waals surface area (Å²) in [5.74, 6) is -0.973. The molecule has 4 heterocycles. The van der Waals surface area contributed by atoms with Crippen molar-refractivity contribution >= 4 is 98.4 Å². The maximum Gasteiger partial charge on any atom is 0.353 e. The van der Waals surface area contributed by atoms with Crippen LogP contribution >= 0.6 is 69.8 Å². The molecule has 0 spiro atoms. The Hall–Kier alpha value is -2.20. The Morgan fingerprint density at radius 1 is 1.35 bits per heavy atom. The maximum absolute atomic E-state index is 13.2. The average molecular weight is 712 g/mol. The molecule has 2 amide bonds. The number of thioether (sulfide) groups is 3. The third kappa shape index (κ3) is 8.29. The van der Waals surface area contributed by atoms with Crippen molar-refractivity contribution in [1.29, 1.82) is 0 Å². The predicted octanol–water partition coefficient (Wildman–Crippen LogP) is 1.45. The van der Waals surface area contributed by atoms with Gasteiger partial charge in [-0.1, -0.05) is 44.3 Å².